The van der Waals surface area contributed by atoms with Gasteiger partial charge < -0.3 is 4.18 Å². The van der Waals surface area contributed by atoms with E-state index in [1.165, 1.54) is 18.2 Å². The number of hydrogen-bond donors (Lipinski definition) is 0. The van der Waals surface area contributed by atoms with Crippen molar-refractivity contribution < 1.29 is 22.2 Å². The molecule has 0 atom stereocenters. The summed E-state index contributed by atoms with van der Waals surface area (Å²) >= 11 is 0. The summed E-state index contributed by atoms with van der Waals surface area (Å²) in [7, 11) is -4.25. The molecular weight excluding hydrogens is 292 g/mol. The quantitative estimate of drug-likeness (QED) is 0.419. The fourth-order valence-electron chi connectivity index (χ4n) is 1.83. The summed E-state index contributed by atoms with van der Waals surface area (Å²) < 4.78 is 28.8. The van der Waals surface area contributed by atoms with Gasteiger partial charge in [0.15, 0.2) is 5.78 Å². The fourth-order valence-corrected chi connectivity index (χ4v) is 2.95. The van der Waals surface area contributed by atoms with Crippen LogP contribution >= 0.6 is 0 Å². The molecule has 0 fully saturated rings. The van der Waals surface area contributed by atoms with E-state index in [1.54, 1.807) is 13.0 Å². The largest absolute Gasteiger partial charge is 0.342 e. The number of benzene rings is 1. The third-order valence-corrected chi connectivity index (χ3v) is 4.27. The van der Waals surface area contributed by atoms with Crippen LogP contribution in [0.1, 0.15) is 56.3 Å². The molecule has 0 aliphatic carbocycles. The van der Waals surface area contributed by atoms with Gasteiger partial charge in [-0.2, -0.15) is 8.42 Å². The highest BCUT2D eigenvalue weighted by Crippen LogP contribution is 2.20. The fraction of sp³-hybridized carbons (Fsp3) is 0.467. The van der Waals surface area contributed by atoms with Crippen LogP contribution in [0.4, 0.5) is 0 Å². The molecule has 0 N–H and O–H groups in total. The normalized spacial score (nSPS) is 11.1. The van der Waals surface area contributed by atoms with Crippen LogP contribution in [-0.2, 0) is 19.1 Å². The molecule has 0 spiro atoms. The molecule has 0 saturated heterocycles. The molecule has 0 bridgehead atoms. The van der Waals surface area contributed by atoms with Gasteiger partial charge in [-0.3, -0.25) is 9.59 Å². The highest BCUT2D eigenvalue weighted by molar-refractivity contribution is 7.87. The van der Waals surface area contributed by atoms with Gasteiger partial charge in [0.05, 0.1) is 0 Å². The van der Waals surface area contributed by atoms with Gasteiger partial charge in [0.2, 0.25) is 0 Å². The van der Waals surface area contributed by atoms with E-state index in [0.29, 0.717) is 6.42 Å². The predicted molar refractivity (Wildman–Crippen MR) is 78.5 cm³/mol. The van der Waals surface area contributed by atoms with Crippen LogP contribution in [0.5, 0.6) is 0 Å². The van der Waals surface area contributed by atoms with Crippen molar-refractivity contribution in [2.75, 3.05) is 0 Å². The smallest absolute Gasteiger partial charge is 0.342 e. The number of unbranched alkanes of at least 4 members (excludes halogenated alkanes) is 2. The van der Waals surface area contributed by atoms with Crippen molar-refractivity contribution in [3.05, 3.63) is 29.8 Å². The van der Waals surface area contributed by atoms with Crippen molar-refractivity contribution in [3.8, 4) is 0 Å². The van der Waals surface area contributed by atoms with Crippen molar-refractivity contribution in [2.24, 2.45) is 0 Å². The van der Waals surface area contributed by atoms with Crippen molar-refractivity contribution >= 4 is 21.9 Å². The minimum Gasteiger partial charge on any atom is -0.342 e. The van der Waals surface area contributed by atoms with Gasteiger partial charge in [0, 0.05) is 18.4 Å². The molecular formula is C15H20O5S. The van der Waals surface area contributed by atoms with E-state index in [4.69, 9.17) is 0 Å². The Kier molecular flexibility index (Phi) is 6.55. The molecule has 0 heterocycles. The summed E-state index contributed by atoms with van der Waals surface area (Å²) in [5, 5.41) is 0. The van der Waals surface area contributed by atoms with E-state index in [1.807, 2.05) is 6.92 Å². The molecule has 0 aromatic heterocycles. The van der Waals surface area contributed by atoms with Gasteiger partial charge in [0.25, 0.3) is 0 Å². The van der Waals surface area contributed by atoms with Gasteiger partial charge in [-0.1, -0.05) is 38.8 Å². The molecule has 0 saturated carbocycles. The Morgan fingerprint density at radius 3 is 2.38 bits per heavy atom. The van der Waals surface area contributed by atoms with Gasteiger partial charge >= 0.3 is 16.1 Å². The lowest BCUT2D eigenvalue weighted by Gasteiger charge is -2.09. The molecule has 0 unspecified atom stereocenters. The summed E-state index contributed by atoms with van der Waals surface area (Å²) in [5.41, 5.74) is 0.0568. The molecule has 21 heavy (non-hydrogen) atoms. The summed E-state index contributed by atoms with van der Waals surface area (Å²) in [6, 6.07) is 5.76. The van der Waals surface area contributed by atoms with Crippen LogP contribution in [0.15, 0.2) is 29.2 Å². The molecule has 0 aliphatic heterocycles. The van der Waals surface area contributed by atoms with Gasteiger partial charge in [-0.25, -0.2) is 0 Å². The van der Waals surface area contributed by atoms with E-state index in [-0.39, 0.29) is 29.1 Å². The summed E-state index contributed by atoms with van der Waals surface area (Å²) in [6.07, 6.45) is 2.57. The third kappa shape index (κ3) is 4.97. The van der Waals surface area contributed by atoms with Crippen molar-refractivity contribution in [2.45, 2.75) is 50.8 Å². The van der Waals surface area contributed by atoms with Crippen molar-refractivity contribution in [1.29, 1.82) is 0 Å². The predicted octanol–water partition coefficient (Wildman–Crippen LogP) is 3.09. The highest BCUT2D eigenvalue weighted by atomic mass is 32.2. The van der Waals surface area contributed by atoms with Crippen LogP contribution in [-0.4, -0.2) is 20.2 Å². The average molecular weight is 312 g/mol. The minimum absolute atomic E-state index is 0.0525. The molecule has 1 aromatic rings. The van der Waals surface area contributed by atoms with Crippen LogP contribution < -0.4 is 0 Å². The van der Waals surface area contributed by atoms with Crippen LogP contribution in [0.25, 0.3) is 0 Å². The maximum atomic E-state index is 12.1. The molecule has 0 aliphatic rings. The maximum absolute atomic E-state index is 12.1. The van der Waals surface area contributed by atoms with E-state index in [9.17, 15) is 18.0 Å². The molecule has 116 valence electrons. The first-order valence-corrected chi connectivity index (χ1v) is 8.42. The molecule has 0 radical (unpaired) electrons. The van der Waals surface area contributed by atoms with Crippen molar-refractivity contribution in [3.63, 3.8) is 0 Å². The maximum Gasteiger partial charge on any atom is 0.342 e. The Balaban J connectivity index is 2.93. The van der Waals surface area contributed by atoms with Gasteiger partial charge in [0.1, 0.15) is 4.90 Å². The first-order chi connectivity index (χ1) is 9.92. The van der Waals surface area contributed by atoms with Crippen LogP contribution in [0.3, 0.4) is 0 Å². The Bertz CT molecular complexity index is 604. The zero-order valence-corrected chi connectivity index (χ0v) is 13.1. The first-order valence-electron chi connectivity index (χ1n) is 7.02. The summed E-state index contributed by atoms with van der Waals surface area (Å²) in [4.78, 5) is 23.1. The van der Waals surface area contributed by atoms with E-state index in [2.05, 4.69) is 4.18 Å². The second-order valence-corrected chi connectivity index (χ2v) is 6.15. The van der Waals surface area contributed by atoms with E-state index < -0.39 is 16.1 Å². The molecule has 5 nitrogen and oxygen atoms in total. The van der Waals surface area contributed by atoms with Crippen LogP contribution in [0, 0.1) is 0 Å². The average Bonchev–Trinajstić information content (AvgIpc) is 2.46. The zero-order valence-electron chi connectivity index (χ0n) is 12.3. The molecule has 1 rings (SSSR count). The number of carbonyl (C=O) groups excluding carboxylic acids is 2. The van der Waals surface area contributed by atoms with E-state index in [0.717, 1.165) is 12.8 Å². The van der Waals surface area contributed by atoms with E-state index >= 15 is 0 Å². The lowest BCUT2D eigenvalue weighted by atomic mass is 10.1. The molecule has 1 aromatic carbocycles. The monoisotopic (exact) mass is 312 g/mol. The second-order valence-electron chi connectivity index (χ2n) is 4.64. The Morgan fingerprint density at radius 1 is 1.10 bits per heavy atom. The molecule has 6 heteroatoms. The number of ketones is 1. The van der Waals surface area contributed by atoms with Gasteiger partial charge in [-0.15, -0.1) is 0 Å². The van der Waals surface area contributed by atoms with Crippen molar-refractivity contribution in [1.82, 2.24) is 0 Å². The van der Waals surface area contributed by atoms with Gasteiger partial charge in [-0.05, 0) is 18.6 Å². The Labute approximate surface area is 125 Å². The standard InChI is InChI=1S/C15H20O5S/c1-3-5-6-11-15(17)20-21(18,19)14-10-8-7-9-12(14)13(16)4-2/h7-10H,3-6,11H2,1-2H3. The topological polar surface area (TPSA) is 77.5 Å². The number of carbonyl (C=O) groups is 2. The lowest BCUT2D eigenvalue weighted by Crippen LogP contribution is -2.16. The van der Waals surface area contributed by atoms with Crippen LogP contribution in [0.2, 0.25) is 0 Å². The molecule has 0 amide bonds. The third-order valence-electron chi connectivity index (χ3n) is 2.97. The second kappa shape index (κ2) is 7.93. The number of hydrogen-bond acceptors (Lipinski definition) is 5. The Morgan fingerprint density at radius 2 is 1.76 bits per heavy atom. The minimum atomic E-state index is -4.25. The zero-order chi connectivity index (χ0) is 15.9. The Hall–Kier alpha value is -1.69. The first kappa shape index (κ1) is 17.4. The highest BCUT2D eigenvalue weighted by Gasteiger charge is 2.25. The SMILES string of the molecule is CCCCCC(=O)OS(=O)(=O)c1ccccc1C(=O)CC. The number of rotatable bonds is 8. The number of Topliss-reactive ketones (excluding diaryl/α,β-unsaturated/α-hetero) is 1. The summed E-state index contributed by atoms with van der Waals surface area (Å²) in [6.45, 7) is 3.62. The lowest BCUT2D eigenvalue weighted by molar-refractivity contribution is -0.133. The summed E-state index contributed by atoms with van der Waals surface area (Å²) in [5.74, 6) is -1.10.